The van der Waals surface area contributed by atoms with Crippen molar-refractivity contribution in [1.29, 1.82) is 0 Å². The lowest BCUT2D eigenvalue weighted by molar-refractivity contribution is 0.147. The highest BCUT2D eigenvalue weighted by Gasteiger charge is 2.20. The van der Waals surface area contributed by atoms with Crippen LogP contribution in [0.3, 0.4) is 0 Å². The molecule has 1 saturated heterocycles. The van der Waals surface area contributed by atoms with Crippen LogP contribution in [0.15, 0.2) is 29.3 Å². The summed E-state index contributed by atoms with van der Waals surface area (Å²) >= 11 is 0. The van der Waals surface area contributed by atoms with Gasteiger partial charge in [-0.1, -0.05) is 31.5 Å². The highest BCUT2D eigenvalue weighted by Crippen LogP contribution is 2.18. The maximum Gasteiger partial charge on any atom is 0.191 e. The van der Waals surface area contributed by atoms with Gasteiger partial charge in [0, 0.05) is 31.2 Å². The van der Waals surface area contributed by atoms with Gasteiger partial charge in [-0.3, -0.25) is 9.89 Å². The Morgan fingerprint density at radius 3 is 2.78 bits per heavy atom. The first-order valence-electron chi connectivity index (χ1n) is 9.84. The molecule has 5 nitrogen and oxygen atoms in total. The van der Waals surface area contributed by atoms with Crippen molar-refractivity contribution in [3.63, 3.8) is 0 Å². The van der Waals surface area contributed by atoms with Crippen LogP contribution in [0.1, 0.15) is 51.2 Å². The third kappa shape index (κ3) is 7.91. The zero-order chi connectivity index (χ0) is 18.8. The molecular formula is C20H34FIN4O. The summed E-state index contributed by atoms with van der Waals surface area (Å²) in [5.41, 5.74) is 0.284. The number of nitrogens with one attached hydrogen (secondary N) is 2. The van der Waals surface area contributed by atoms with Crippen molar-refractivity contribution in [3.05, 3.63) is 35.6 Å². The van der Waals surface area contributed by atoms with Gasteiger partial charge in [-0.05, 0) is 38.8 Å². The Bertz CT molecular complexity index is 573. The molecule has 7 heteroatoms. The Hall–Kier alpha value is -0.930. The molecule has 0 bridgehead atoms. The van der Waals surface area contributed by atoms with Crippen LogP contribution >= 0.6 is 24.0 Å². The molecule has 0 radical (unpaired) electrons. The maximum absolute atomic E-state index is 13.7. The van der Waals surface area contributed by atoms with Crippen LogP contribution in [0.4, 0.5) is 4.39 Å². The van der Waals surface area contributed by atoms with Crippen LogP contribution < -0.4 is 10.6 Å². The molecule has 0 aliphatic carbocycles. The van der Waals surface area contributed by atoms with Gasteiger partial charge >= 0.3 is 0 Å². The van der Waals surface area contributed by atoms with Crippen LogP contribution in [0.25, 0.3) is 0 Å². The zero-order valence-electron chi connectivity index (χ0n) is 16.5. The fourth-order valence-electron chi connectivity index (χ4n) is 3.50. The largest absolute Gasteiger partial charge is 0.386 e. The van der Waals surface area contributed by atoms with Gasteiger partial charge in [-0.15, -0.1) is 24.0 Å². The summed E-state index contributed by atoms with van der Waals surface area (Å²) in [7, 11) is 0. The first-order valence-corrected chi connectivity index (χ1v) is 9.84. The normalized spacial score (nSPS) is 19.3. The van der Waals surface area contributed by atoms with Crippen molar-refractivity contribution in [2.45, 2.75) is 51.7 Å². The number of rotatable bonds is 8. The summed E-state index contributed by atoms with van der Waals surface area (Å²) in [6.07, 6.45) is 4.15. The Balaban J connectivity index is 0.00000364. The van der Waals surface area contributed by atoms with E-state index in [9.17, 15) is 9.50 Å². The first-order chi connectivity index (χ1) is 12.7. The minimum atomic E-state index is -0.946. The van der Waals surface area contributed by atoms with E-state index >= 15 is 0 Å². The molecule has 27 heavy (non-hydrogen) atoms. The summed E-state index contributed by atoms with van der Waals surface area (Å²) in [6.45, 7) is 8.07. The monoisotopic (exact) mass is 492 g/mol. The van der Waals surface area contributed by atoms with Gasteiger partial charge in [0.1, 0.15) is 11.9 Å². The van der Waals surface area contributed by atoms with Gasteiger partial charge in [0.05, 0.1) is 6.54 Å². The lowest BCUT2D eigenvalue weighted by Crippen LogP contribution is -2.46. The van der Waals surface area contributed by atoms with Crippen LogP contribution in [0, 0.1) is 5.82 Å². The second-order valence-corrected chi connectivity index (χ2v) is 6.78. The number of piperidine rings is 1. The van der Waals surface area contributed by atoms with Gasteiger partial charge in [0.2, 0.25) is 0 Å². The van der Waals surface area contributed by atoms with Crippen molar-refractivity contribution in [3.8, 4) is 0 Å². The van der Waals surface area contributed by atoms with Gasteiger partial charge in [-0.2, -0.15) is 0 Å². The van der Waals surface area contributed by atoms with Crippen molar-refractivity contribution < 1.29 is 9.50 Å². The molecule has 1 fully saturated rings. The number of hydrogen-bond donors (Lipinski definition) is 3. The minimum Gasteiger partial charge on any atom is -0.386 e. The minimum absolute atomic E-state index is 0. The number of benzene rings is 1. The number of aliphatic hydroxyl groups excluding tert-OH is 1. The zero-order valence-corrected chi connectivity index (χ0v) is 18.8. The molecular weight excluding hydrogens is 458 g/mol. The van der Waals surface area contributed by atoms with E-state index in [1.54, 1.807) is 18.2 Å². The van der Waals surface area contributed by atoms with Gasteiger partial charge in [0.15, 0.2) is 5.96 Å². The fraction of sp³-hybridized carbons (Fsp3) is 0.650. The first kappa shape index (κ1) is 24.1. The highest BCUT2D eigenvalue weighted by molar-refractivity contribution is 14.0. The summed E-state index contributed by atoms with van der Waals surface area (Å²) in [5, 5.41) is 16.7. The van der Waals surface area contributed by atoms with Crippen molar-refractivity contribution in [2.75, 3.05) is 32.7 Å². The molecule has 0 aromatic heterocycles. The molecule has 0 saturated carbocycles. The van der Waals surface area contributed by atoms with E-state index in [1.165, 1.54) is 38.3 Å². The average molecular weight is 492 g/mol. The Morgan fingerprint density at radius 2 is 2.07 bits per heavy atom. The summed E-state index contributed by atoms with van der Waals surface area (Å²) in [6, 6.07) is 6.97. The molecule has 0 spiro atoms. The van der Waals surface area contributed by atoms with E-state index in [0.29, 0.717) is 12.0 Å². The van der Waals surface area contributed by atoms with Crippen molar-refractivity contribution in [2.24, 2.45) is 4.99 Å². The van der Waals surface area contributed by atoms with Crippen LogP contribution in [0.2, 0.25) is 0 Å². The summed E-state index contributed by atoms with van der Waals surface area (Å²) < 4.78 is 13.7. The van der Waals surface area contributed by atoms with Crippen LogP contribution in [-0.2, 0) is 0 Å². The van der Waals surface area contributed by atoms with E-state index in [2.05, 4.69) is 27.4 Å². The topological polar surface area (TPSA) is 59.9 Å². The van der Waals surface area contributed by atoms with Gasteiger partial charge in [0.25, 0.3) is 0 Å². The lowest BCUT2D eigenvalue weighted by Gasteiger charge is -2.35. The Morgan fingerprint density at radius 1 is 1.30 bits per heavy atom. The third-order valence-electron chi connectivity index (χ3n) is 4.94. The van der Waals surface area contributed by atoms with E-state index in [-0.39, 0.29) is 36.1 Å². The fourth-order valence-corrected chi connectivity index (χ4v) is 3.50. The number of halogens is 2. The second-order valence-electron chi connectivity index (χ2n) is 6.78. The van der Waals surface area contributed by atoms with Crippen molar-refractivity contribution in [1.82, 2.24) is 15.5 Å². The van der Waals surface area contributed by atoms with Gasteiger partial charge in [-0.25, -0.2) is 4.39 Å². The second kappa shape index (κ2) is 13.3. The summed E-state index contributed by atoms with van der Waals surface area (Å²) in [5.74, 6) is 0.261. The lowest BCUT2D eigenvalue weighted by atomic mass is 10.0. The number of aliphatic hydroxyl groups is 1. The van der Waals surface area contributed by atoms with E-state index in [4.69, 9.17) is 0 Å². The SMILES string of the molecule is CCNC(=NCC(O)c1ccccc1F)NCCN1CCCCC1CC.I. The van der Waals surface area contributed by atoms with Crippen molar-refractivity contribution >= 4 is 29.9 Å². The summed E-state index contributed by atoms with van der Waals surface area (Å²) in [4.78, 5) is 6.96. The number of guanidine groups is 1. The third-order valence-corrected chi connectivity index (χ3v) is 4.94. The molecule has 2 atom stereocenters. The average Bonchev–Trinajstić information content (AvgIpc) is 2.66. The predicted molar refractivity (Wildman–Crippen MR) is 120 cm³/mol. The Kier molecular flexibility index (Phi) is 11.9. The molecule has 154 valence electrons. The molecule has 3 N–H and O–H groups in total. The smallest absolute Gasteiger partial charge is 0.191 e. The molecule has 1 aliphatic rings. The maximum atomic E-state index is 13.7. The molecule has 2 unspecified atom stereocenters. The van der Waals surface area contributed by atoms with E-state index in [1.807, 2.05) is 6.92 Å². The number of hydrogen-bond acceptors (Lipinski definition) is 3. The molecule has 1 heterocycles. The molecule has 1 aliphatic heterocycles. The molecule has 0 amide bonds. The number of likely N-dealkylation sites (tertiary alicyclic amines) is 1. The quantitative estimate of drug-likeness (QED) is 0.296. The number of aliphatic imine (C=N–C) groups is 1. The van der Waals surface area contributed by atoms with Crippen LogP contribution in [-0.4, -0.2) is 54.7 Å². The molecule has 1 aromatic carbocycles. The van der Waals surface area contributed by atoms with E-state index < -0.39 is 11.9 Å². The van der Waals surface area contributed by atoms with Gasteiger partial charge < -0.3 is 15.7 Å². The highest BCUT2D eigenvalue weighted by atomic mass is 127. The number of nitrogens with zero attached hydrogens (tertiary/aromatic N) is 2. The van der Waals surface area contributed by atoms with E-state index in [0.717, 1.165) is 19.6 Å². The predicted octanol–water partition coefficient (Wildman–Crippen LogP) is 3.30. The Labute approximate surface area is 179 Å². The molecule has 1 aromatic rings. The molecule has 2 rings (SSSR count). The standard InChI is InChI=1S/C20H33FN4O.HI/c1-3-16-9-7-8-13-25(16)14-12-23-20(22-4-2)24-15-19(26)17-10-5-6-11-18(17)21;/h5-6,10-11,16,19,26H,3-4,7-9,12-15H2,1-2H3,(H2,22,23,24);1H. The van der Waals surface area contributed by atoms with Crippen LogP contribution in [0.5, 0.6) is 0 Å².